The van der Waals surface area contributed by atoms with Crippen molar-refractivity contribution in [3.05, 3.63) is 45.0 Å². The standard InChI is InChI=1S/C14H16N2O4/c1-2-20-12(17)8-5-9-16-14(19)11-7-4-3-6-10(11)13(18)15-16/h3-4,6-7H,2,5,8-9H2,1H3,(H,15,18). The summed E-state index contributed by atoms with van der Waals surface area (Å²) in [6.07, 6.45) is 0.655. The van der Waals surface area contributed by atoms with Gasteiger partial charge in [0.05, 0.1) is 17.4 Å². The van der Waals surface area contributed by atoms with Gasteiger partial charge in [0.1, 0.15) is 0 Å². The monoisotopic (exact) mass is 276 g/mol. The Kier molecular flexibility index (Phi) is 4.34. The van der Waals surface area contributed by atoms with Crippen LogP contribution < -0.4 is 11.1 Å². The van der Waals surface area contributed by atoms with E-state index in [0.717, 1.165) is 0 Å². The Hall–Kier alpha value is -2.37. The van der Waals surface area contributed by atoms with E-state index < -0.39 is 0 Å². The highest BCUT2D eigenvalue weighted by Gasteiger charge is 2.07. The zero-order valence-electron chi connectivity index (χ0n) is 11.2. The van der Waals surface area contributed by atoms with Crippen LogP contribution in [0.4, 0.5) is 0 Å². The van der Waals surface area contributed by atoms with Crippen molar-refractivity contribution < 1.29 is 9.53 Å². The smallest absolute Gasteiger partial charge is 0.305 e. The maximum Gasteiger partial charge on any atom is 0.305 e. The SMILES string of the molecule is CCOC(=O)CCCn1[nH]c(=O)c2ccccc2c1=O. The fourth-order valence-corrected chi connectivity index (χ4v) is 2.02. The molecule has 1 aromatic heterocycles. The Labute approximate surface area is 115 Å². The Balaban J connectivity index is 2.19. The number of nitrogens with zero attached hydrogens (tertiary/aromatic N) is 1. The summed E-state index contributed by atoms with van der Waals surface area (Å²) in [5, 5.41) is 3.28. The van der Waals surface area contributed by atoms with Crippen molar-refractivity contribution in [3.63, 3.8) is 0 Å². The third-order valence-electron chi connectivity index (χ3n) is 2.95. The van der Waals surface area contributed by atoms with Crippen molar-refractivity contribution in [1.29, 1.82) is 0 Å². The van der Waals surface area contributed by atoms with Crippen LogP contribution in [0.1, 0.15) is 19.8 Å². The lowest BCUT2D eigenvalue weighted by Crippen LogP contribution is -2.30. The van der Waals surface area contributed by atoms with Gasteiger partial charge in [-0.05, 0) is 25.5 Å². The van der Waals surface area contributed by atoms with Gasteiger partial charge >= 0.3 is 5.97 Å². The number of fused-ring (bicyclic) bond motifs is 1. The molecule has 2 aromatic rings. The topological polar surface area (TPSA) is 81.2 Å². The van der Waals surface area contributed by atoms with Gasteiger partial charge in [0.25, 0.3) is 11.1 Å². The number of carbonyl (C=O) groups is 1. The summed E-state index contributed by atoms with van der Waals surface area (Å²) >= 11 is 0. The Morgan fingerprint density at radius 2 is 1.95 bits per heavy atom. The molecule has 0 bridgehead atoms. The molecule has 0 saturated heterocycles. The van der Waals surface area contributed by atoms with Gasteiger partial charge in [-0.1, -0.05) is 12.1 Å². The maximum atomic E-state index is 12.2. The van der Waals surface area contributed by atoms with Gasteiger partial charge in [-0.15, -0.1) is 0 Å². The first-order valence-corrected chi connectivity index (χ1v) is 6.51. The molecule has 0 saturated carbocycles. The number of H-pyrrole nitrogens is 1. The molecule has 6 heteroatoms. The van der Waals surface area contributed by atoms with E-state index in [0.29, 0.717) is 23.8 Å². The average Bonchev–Trinajstić information content (AvgIpc) is 2.44. The molecule has 1 N–H and O–H groups in total. The quantitative estimate of drug-likeness (QED) is 0.827. The van der Waals surface area contributed by atoms with Crippen LogP contribution in [-0.2, 0) is 16.1 Å². The summed E-state index contributed by atoms with van der Waals surface area (Å²) < 4.78 is 6.05. The third kappa shape index (κ3) is 2.96. The number of aryl methyl sites for hydroxylation is 1. The van der Waals surface area contributed by atoms with Crippen LogP contribution in [0.15, 0.2) is 33.9 Å². The van der Waals surface area contributed by atoms with Crippen molar-refractivity contribution in [2.75, 3.05) is 6.61 Å². The second kappa shape index (κ2) is 6.18. The molecule has 0 unspecified atom stereocenters. The molecule has 0 aliphatic carbocycles. The van der Waals surface area contributed by atoms with Crippen molar-refractivity contribution in [1.82, 2.24) is 9.78 Å². The van der Waals surface area contributed by atoms with E-state index in [1.54, 1.807) is 31.2 Å². The summed E-state index contributed by atoms with van der Waals surface area (Å²) in [5.41, 5.74) is -0.569. The van der Waals surface area contributed by atoms with Crippen LogP contribution in [0, 0.1) is 0 Å². The van der Waals surface area contributed by atoms with Gasteiger partial charge in [0, 0.05) is 13.0 Å². The number of esters is 1. The molecule has 2 rings (SSSR count). The van der Waals surface area contributed by atoms with Gasteiger partial charge in [-0.2, -0.15) is 0 Å². The first-order chi connectivity index (χ1) is 9.63. The van der Waals surface area contributed by atoms with Crippen molar-refractivity contribution in [2.45, 2.75) is 26.3 Å². The second-order valence-electron chi connectivity index (χ2n) is 4.35. The third-order valence-corrected chi connectivity index (χ3v) is 2.95. The van der Waals surface area contributed by atoms with E-state index in [1.165, 1.54) is 4.68 Å². The van der Waals surface area contributed by atoms with Crippen molar-refractivity contribution in [2.24, 2.45) is 0 Å². The first kappa shape index (κ1) is 14.0. The fraction of sp³-hybridized carbons (Fsp3) is 0.357. The van der Waals surface area contributed by atoms with Crippen LogP contribution in [0.2, 0.25) is 0 Å². The van der Waals surface area contributed by atoms with Crippen LogP contribution in [0.5, 0.6) is 0 Å². The van der Waals surface area contributed by atoms with Crippen LogP contribution in [0.3, 0.4) is 0 Å². The molecule has 0 radical (unpaired) electrons. The summed E-state index contributed by atoms with van der Waals surface area (Å²) in [6, 6.07) is 6.65. The lowest BCUT2D eigenvalue weighted by atomic mass is 10.2. The molecule has 0 amide bonds. The minimum Gasteiger partial charge on any atom is -0.466 e. The van der Waals surface area contributed by atoms with E-state index in [2.05, 4.69) is 5.10 Å². The molecule has 0 fully saturated rings. The average molecular weight is 276 g/mol. The van der Waals surface area contributed by atoms with Crippen LogP contribution >= 0.6 is 0 Å². The largest absolute Gasteiger partial charge is 0.466 e. The summed E-state index contributed by atoms with van der Waals surface area (Å²) in [7, 11) is 0. The van der Waals surface area contributed by atoms with E-state index in [1.807, 2.05) is 0 Å². The predicted molar refractivity (Wildman–Crippen MR) is 74.7 cm³/mol. The summed E-state index contributed by atoms with van der Waals surface area (Å²) in [4.78, 5) is 35.2. The summed E-state index contributed by atoms with van der Waals surface area (Å²) in [5.74, 6) is -0.302. The summed E-state index contributed by atoms with van der Waals surface area (Å²) in [6.45, 7) is 2.35. The maximum absolute atomic E-state index is 12.2. The number of aromatic amines is 1. The number of aromatic nitrogens is 2. The first-order valence-electron chi connectivity index (χ1n) is 6.51. The van der Waals surface area contributed by atoms with Crippen LogP contribution in [-0.4, -0.2) is 22.4 Å². The lowest BCUT2D eigenvalue weighted by molar-refractivity contribution is -0.143. The Bertz CT molecular complexity index is 730. The van der Waals surface area contributed by atoms with Gasteiger partial charge in [0.2, 0.25) is 0 Å². The van der Waals surface area contributed by atoms with E-state index >= 15 is 0 Å². The highest BCUT2D eigenvalue weighted by molar-refractivity contribution is 5.80. The highest BCUT2D eigenvalue weighted by Crippen LogP contribution is 2.03. The number of ether oxygens (including phenoxy) is 1. The molecule has 1 heterocycles. The normalized spacial score (nSPS) is 10.7. The van der Waals surface area contributed by atoms with Crippen LogP contribution in [0.25, 0.3) is 10.8 Å². The van der Waals surface area contributed by atoms with E-state index in [9.17, 15) is 14.4 Å². The predicted octanol–water partition coefficient (Wildman–Crippen LogP) is 1.03. The van der Waals surface area contributed by atoms with Crippen molar-refractivity contribution in [3.8, 4) is 0 Å². The van der Waals surface area contributed by atoms with Gasteiger partial charge in [-0.3, -0.25) is 19.5 Å². The molecule has 0 spiro atoms. The Morgan fingerprint density at radius 3 is 2.65 bits per heavy atom. The molecule has 0 atom stereocenters. The molecular weight excluding hydrogens is 260 g/mol. The van der Waals surface area contributed by atoms with E-state index in [-0.39, 0.29) is 30.1 Å². The minimum atomic E-state index is -0.309. The van der Waals surface area contributed by atoms with Gasteiger partial charge in [-0.25, -0.2) is 4.68 Å². The lowest BCUT2D eigenvalue weighted by Gasteiger charge is -2.06. The number of benzene rings is 1. The molecular formula is C14H16N2O4. The fourth-order valence-electron chi connectivity index (χ4n) is 2.02. The Morgan fingerprint density at radius 1 is 1.25 bits per heavy atom. The number of rotatable bonds is 5. The molecule has 0 aliphatic heterocycles. The van der Waals surface area contributed by atoms with Crippen molar-refractivity contribution >= 4 is 16.7 Å². The minimum absolute atomic E-state index is 0.217. The molecule has 1 aromatic carbocycles. The zero-order valence-corrected chi connectivity index (χ0v) is 11.2. The molecule has 6 nitrogen and oxygen atoms in total. The second-order valence-corrected chi connectivity index (χ2v) is 4.35. The number of nitrogens with one attached hydrogen (secondary N) is 1. The number of carbonyl (C=O) groups excluding carboxylic acids is 1. The van der Waals surface area contributed by atoms with Gasteiger partial charge < -0.3 is 4.74 Å². The molecule has 0 aliphatic rings. The van der Waals surface area contributed by atoms with Gasteiger partial charge in [0.15, 0.2) is 0 Å². The highest BCUT2D eigenvalue weighted by atomic mass is 16.5. The zero-order chi connectivity index (χ0) is 14.5. The number of hydrogen-bond acceptors (Lipinski definition) is 4. The number of hydrogen-bond donors (Lipinski definition) is 1. The molecule has 20 heavy (non-hydrogen) atoms. The van der Waals surface area contributed by atoms with E-state index in [4.69, 9.17) is 4.74 Å². The molecule has 106 valence electrons.